The number of piperazine rings is 1. The third-order valence-electron chi connectivity index (χ3n) is 6.09. The summed E-state index contributed by atoms with van der Waals surface area (Å²) in [7, 11) is -3.64. The average molecular weight is 438 g/mol. The summed E-state index contributed by atoms with van der Waals surface area (Å²) in [6.07, 6.45) is 4.89. The number of pyridine rings is 1. The van der Waals surface area contributed by atoms with Crippen LogP contribution in [-0.4, -0.2) is 70.6 Å². The predicted octanol–water partition coefficient (Wildman–Crippen LogP) is 2.62. The second kappa shape index (κ2) is 7.60. The molecule has 1 aliphatic heterocycles. The fraction of sp³-hybridized carbons (Fsp3) is 0.273. The van der Waals surface area contributed by atoms with E-state index in [9.17, 15) is 13.2 Å². The summed E-state index contributed by atoms with van der Waals surface area (Å²) in [5.74, 6) is 0.0384. The Morgan fingerprint density at radius 2 is 1.74 bits per heavy atom. The Kier molecular flexibility index (Phi) is 4.88. The molecule has 0 amide bonds. The average Bonchev–Trinajstić information content (AvgIpc) is 3.43. The molecule has 5 rings (SSSR count). The normalized spacial score (nSPS) is 17.3. The summed E-state index contributed by atoms with van der Waals surface area (Å²) in [5, 5.41) is 1.50. The number of hydrogen-bond acceptors (Lipinski definition) is 5. The van der Waals surface area contributed by atoms with Crippen LogP contribution in [-0.2, 0) is 10.0 Å². The molecule has 0 bridgehead atoms. The van der Waals surface area contributed by atoms with Crippen molar-refractivity contribution in [2.24, 2.45) is 0 Å². The quantitative estimate of drug-likeness (QED) is 0.467. The fourth-order valence-corrected chi connectivity index (χ4v) is 5.85. The van der Waals surface area contributed by atoms with Crippen LogP contribution in [0.3, 0.4) is 0 Å². The van der Waals surface area contributed by atoms with E-state index in [0.29, 0.717) is 42.8 Å². The van der Waals surface area contributed by atoms with E-state index < -0.39 is 10.0 Å². The van der Waals surface area contributed by atoms with Gasteiger partial charge in [-0.25, -0.2) is 13.4 Å². The Labute approximate surface area is 179 Å². The van der Waals surface area contributed by atoms with E-state index in [2.05, 4.69) is 15.0 Å². The predicted molar refractivity (Wildman–Crippen MR) is 119 cm³/mol. The summed E-state index contributed by atoms with van der Waals surface area (Å²) in [4.78, 5) is 25.7. The first-order chi connectivity index (χ1) is 15.0. The standard InChI is InChI=1S/C22H23N5O3S/c1-15(21(28)18-13-24-19-7-3-2-5-16(18)19)26-9-11-27(12-10-26)31(29,30)20-14-25-22-17(20)6-4-8-23-22/h2-8,13-15,24H,9-12H2,1H3,(H,23,25). The molecule has 1 aromatic carbocycles. The first-order valence-corrected chi connectivity index (χ1v) is 11.7. The summed E-state index contributed by atoms with van der Waals surface area (Å²) >= 11 is 0. The summed E-state index contributed by atoms with van der Waals surface area (Å²) in [5.41, 5.74) is 2.16. The van der Waals surface area contributed by atoms with Gasteiger partial charge in [-0.1, -0.05) is 18.2 Å². The highest BCUT2D eigenvalue weighted by Gasteiger charge is 2.33. The molecule has 1 fully saturated rings. The monoisotopic (exact) mass is 437 g/mol. The number of fused-ring (bicyclic) bond motifs is 2. The van der Waals surface area contributed by atoms with E-state index >= 15 is 0 Å². The molecule has 3 aromatic heterocycles. The molecule has 0 saturated carbocycles. The number of nitrogens with one attached hydrogen (secondary N) is 2. The number of ketones is 1. The van der Waals surface area contributed by atoms with Crippen molar-refractivity contribution in [1.82, 2.24) is 24.2 Å². The molecule has 9 heteroatoms. The van der Waals surface area contributed by atoms with Crippen molar-refractivity contribution in [2.45, 2.75) is 17.9 Å². The number of rotatable bonds is 5. The second-order valence-electron chi connectivity index (χ2n) is 7.78. The maximum atomic E-state index is 13.2. The SMILES string of the molecule is CC(C(=O)c1c[nH]c2ccccc12)N1CCN(S(=O)(=O)c2c[nH]c3ncccc23)CC1. The van der Waals surface area contributed by atoms with Crippen LogP contribution in [0.4, 0.5) is 0 Å². The van der Waals surface area contributed by atoms with Gasteiger partial charge in [0.2, 0.25) is 10.0 Å². The molecule has 0 aliphatic carbocycles. The number of sulfonamides is 1. The van der Waals surface area contributed by atoms with Gasteiger partial charge in [-0.2, -0.15) is 4.31 Å². The largest absolute Gasteiger partial charge is 0.360 e. The minimum absolute atomic E-state index is 0.0384. The van der Waals surface area contributed by atoms with Crippen molar-refractivity contribution in [3.8, 4) is 0 Å². The lowest BCUT2D eigenvalue weighted by Crippen LogP contribution is -2.53. The van der Waals surface area contributed by atoms with Gasteiger partial charge in [0, 0.05) is 66.6 Å². The van der Waals surface area contributed by atoms with E-state index in [0.717, 1.165) is 10.9 Å². The first kappa shape index (κ1) is 19.9. The van der Waals surface area contributed by atoms with Crippen LogP contribution in [0.25, 0.3) is 21.9 Å². The van der Waals surface area contributed by atoms with Crippen LogP contribution < -0.4 is 0 Å². The number of aromatic amines is 2. The van der Waals surface area contributed by atoms with Gasteiger partial charge < -0.3 is 9.97 Å². The maximum Gasteiger partial charge on any atom is 0.245 e. The van der Waals surface area contributed by atoms with E-state index in [1.54, 1.807) is 24.5 Å². The van der Waals surface area contributed by atoms with Crippen molar-refractivity contribution < 1.29 is 13.2 Å². The Balaban J connectivity index is 1.31. The number of carbonyl (C=O) groups is 1. The first-order valence-electron chi connectivity index (χ1n) is 10.2. The van der Waals surface area contributed by atoms with Crippen molar-refractivity contribution in [1.29, 1.82) is 0 Å². The van der Waals surface area contributed by atoms with Crippen LogP contribution in [0.2, 0.25) is 0 Å². The summed E-state index contributed by atoms with van der Waals surface area (Å²) in [6, 6.07) is 10.9. The molecule has 1 saturated heterocycles. The Morgan fingerprint density at radius 3 is 2.55 bits per heavy atom. The molecular formula is C22H23N5O3S. The number of nitrogens with zero attached hydrogens (tertiary/aromatic N) is 3. The molecule has 0 spiro atoms. The molecule has 2 N–H and O–H groups in total. The molecule has 4 aromatic rings. The molecule has 1 aliphatic rings. The zero-order valence-corrected chi connectivity index (χ0v) is 17.9. The van der Waals surface area contributed by atoms with Gasteiger partial charge in [-0.3, -0.25) is 9.69 Å². The van der Waals surface area contributed by atoms with Gasteiger partial charge in [0.15, 0.2) is 5.78 Å². The molecule has 160 valence electrons. The molecular weight excluding hydrogens is 414 g/mol. The van der Waals surface area contributed by atoms with Crippen molar-refractivity contribution >= 4 is 37.7 Å². The molecule has 31 heavy (non-hydrogen) atoms. The third-order valence-corrected chi connectivity index (χ3v) is 8.02. The molecule has 8 nitrogen and oxygen atoms in total. The number of para-hydroxylation sites is 1. The van der Waals surface area contributed by atoms with E-state index in [-0.39, 0.29) is 16.7 Å². The van der Waals surface area contributed by atoms with Gasteiger partial charge in [-0.15, -0.1) is 0 Å². The van der Waals surface area contributed by atoms with Crippen LogP contribution in [0.5, 0.6) is 0 Å². The van der Waals surface area contributed by atoms with Gasteiger partial charge >= 0.3 is 0 Å². The highest BCUT2D eigenvalue weighted by molar-refractivity contribution is 7.89. The molecule has 4 heterocycles. The smallest absolute Gasteiger partial charge is 0.245 e. The van der Waals surface area contributed by atoms with Crippen LogP contribution >= 0.6 is 0 Å². The number of hydrogen-bond donors (Lipinski definition) is 2. The minimum Gasteiger partial charge on any atom is -0.360 e. The van der Waals surface area contributed by atoms with Gasteiger partial charge in [0.25, 0.3) is 0 Å². The fourth-order valence-electron chi connectivity index (χ4n) is 4.28. The van der Waals surface area contributed by atoms with Crippen molar-refractivity contribution in [2.75, 3.05) is 26.2 Å². The lowest BCUT2D eigenvalue weighted by Gasteiger charge is -2.36. The van der Waals surface area contributed by atoms with Gasteiger partial charge in [0.05, 0.1) is 6.04 Å². The van der Waals surface area contributed by atoms with E-state index in [4.69, 9.17) is 0 Å². The third kappa shape index (κ3) is 3.34. The zero-order chi connectivity index (χ0) is 21.6. The second-order valence-corrected chi connectivity index (χ2v) is 9.69. The molecule has 1 unspecified atom stereocenters. The number of H-pyrrole nitrogens is 2. The van der Waals surface area contributed by atoms with Crippen LogP contribution in [0, 0.1) is 0 Å². The Morgan fingerprint density at radius 1 is 1.00 bits per heavy atom. The van der Waals surface area contributed by atoms with E-state index in [1.807, 2.05) is 36.1 Å². The topological polar surface area (TPSA) is 102 Å². The maximum absolute atomic E-state index is 13.2. The summed E-state index contributed by atoms with van der Waals surface area (Å²) < 4.78 is 27.9. The lowest BCUT2D eigenvalue weighted by atomic mass is 10.0. The zero-order valence-electron chi connectivity index (χ0n) is 17.1. The van der Waals surface area contributed by atoms with Crippen LogP contribution in [0.15, 0.2) is 59.9 Å². The van der Waals surface area contributed by atoms with Crippen LogP contribution in [0.1, 0.15) is 17.3 Å². The molecule has 1 atom stereocenters. The lowest BCUT2D eigenvalue weighted by molar-refractivity contribution is 0.0784. The number of aromatic nitrogens is 3. The van der Waals surface area contributed by atoms with Gasteiger partial charge in [0.1, 0.15) is 10.5 Å². The molecule has 0 radical (unpaired) electrons. The number of carbonyl (C=O) groups excluding carboxylic acids is 1. The Bertz CT molecular complexity index is 1370. The summed E-state index contributed by atoms with van der Waals surface area (Å²) in [6.45, 7) is 3.55. The number of benzene rings is 1. The Hall–Kier alpha value is -3.01. The minimum atomic E-state index is -3.64. The highest BCUT2D eigenvalue weighted by atomic mass is 32.2. The van der Waals surface area contributed by atoms with E-state index in [1.165, 1.54) is 10.5 Å². The van der Waals surface area contributed by atoms with Gasteiger partial charge in [-0.05, 0) is 25.1 Å². The van der Waals surface area contributed by atoms with Crippen molar-refractivity contribution in [3.05, 3.63) is 60.6 Å². The van der Waals surface area contributed by atoms with Crippen molar-refractivity contribution in [3.63, 3.8) is 0 Å². The highest BCUT2D eigenvalue weighted by Crippen LogP contribution is 2.26. The number of Topliss-reactive ketones (excluding diaryl/α,β-unsaturated/α-hetero) is 1.